The van der Waals surface area contributed by atoms with Crippen molar-refractivity contribution in [2.45, 2.75) is 0 Å². The minimum Gasteiger partial charge on any atom is -0.465 e. The summed E-state index contributed by atoms with van der Waals surface area (Å²) in [7, 11) is 1.39. The second-order valence-corrected chi connectivity index (χ2v) is 4.58. The zero-order valence-electron chi connectivity index (χ0n) is 11.5. The van der Waals surface area contributed by atoms with Crippen molar-refractivity contribution in [1.82, 2.24) is 9.97 Å². The van der Waals surface area contributed by atoms with Gasteiger partial charge in [-0.1, -0.05) is 24.3 Å². The summed E-state index contributed by atoms with van der Waals surface area (Å²) in [6.45, 7) is 0. The number of hydrogen-bond acceptors (Lipinski definition) is 3. The van der Waals surface area contributed by atoms with E-state index in [1.54, 1.807) is 18.5 Å². The average Bonchev–Trinajstić information content (AvgIpc) is 2.96. The van der Waals surface area contributed by atoms with E-state index >= 15 is 0 Å². The topological polar surface area (TPSA) is 55.0 Å². The predicted molar refractivity (Wildman–Crippen MR) is 82.8 cm³/mol. The number of aromatic amines is 1. The molecule has 1 aromatic carbocycles. The molecule has 0 saturated carbocycles. The molecule has 4 heteroatoms. The molecule has 21 heavy (non-hydrogen) atoms. The van der Waals surface area contributed by atoms with Crippen LogP contribution in [0.3, 0.4) is 0 Å². The van der Waals surface area contributed by atoms with E-state index in [0.717, 1.165) is 22.0 Å². The Morgan fingerprint density at radius 3 is 2.90 bits per heavy atom. The second kappa shape index (κ2) is 5.63. The van der Waals surface area contributed by atoms with E-state index < -0.39 is 0 Å². The molecule has 104 valence electrons. The molecule has 2 heterocycles. The Labute approximate surface area is 122 Å². The molecule has 0 spiro atoms. The molecule has 0 aliphatic carbocycles. The number of carbonyl (C=O) groups excluding carboxylic acids is 1. The highest BCUT2D eigenvalue weighted by Crippen LogP contribution is 2.25. The first-order chi connectivity index (χ1) is 10.3. The minimum absolute atomic E-state index is 0.337. The van der Waals surface area contributed by atoms with E-state index in [1.807, 2.05) is 42.6 Å². The normalized spacial score (nSPS) is 11.1. The summed E-state index contributed by atoms with van der Waals surface area (Å²) in [5, 5.41) is 0.865. The van der Waals surface area contributed by atoms with Gasteiger partial charge in [-0.05, 0) is 23.8 Å². The maximum absolute atomic E-state index is 11.9. The van der Waals surface area contributed by atoms with Gasteiger partial charge in [0.1, 0.15) is 0 Å². The molecular formula is C17H14N2O2. The van der Waals surface area contributed by atoms with Crippen molar-refractivity contribution >= 4 is 29.0 Å². The second-order valence-electron chi connectivity index (χ2n) is 4.58. The first-order valence-electron chi connectivity index (χ1n) is 6.56. The zero-order chi connectivity index (χ0) is 14.7. The fraction of sp³-hybridized carbons (Fsp3) is 0.0588. The molecule has 0 bridgehead atoms. The summed E-state index contributed by atoms with van der Waals surface area (Å²) in [4.78, 5) is 19.1. The lowest BCUT2D eigenvalue weighted by Gasteiger charge is -2.02. The molecule has 2 aromatic heterocycles. The number of fused-ring (bicyclic) bond motifs is 1. The van der Waals surface area contributed by atoms with Crippen molar-refractivity contribution in [2.24, 2.45) is 0 Å². The molecule has 1 N–H and O–H groups in total. The number of hydrogen-bond donors (Lipinski definition) is 1. The molecule has 0 atom stereocenters. The zero-order valence-corrected chi connectivity index (χ0v) is 11.5. The summed E-state index contributed by atoms with van der Waals surface area (Å²) < 4.78 is 4.84. The van der Waals surface area contributed by atoms with Crippen LogP contribution in [-0.2, 0) is 4.74 Å². The van der Waals surface area contributed by atoms with E-state index in [1.165, 1.54) is 7.11 Å². The van der Waals surface area contributed by atoms with Gasteiger partial charge in [0.15, 0.2) is 0 Å². The third kappa shape index (κ3) is 2.56. The summed E-state index contributed by atoms with van der Waals surface area (Å²) in [5.41, 5.74) is 3.41. The van der Waals surface area contributed by atoms with Crippen molar-refractivity contribution in [2.75, 3.05) is 7.11 Å². The molecule has 0 fully saturated rings. The van der Waals surface area contributed by atoms with Gasteiger partial charge in [0.05, 0.1) is 12.7 Å². The summed E-state index contributed by atoms with van der Waals surface area (Å²) in [6.07, 6.45) is 9.32. The molecular weight excluding hydrogens is 264 g/mol. The van der Waals surface area contributed by atoms with Gasteiger partial charge in [0.2, 0.25) is 0 Å². The number of aromatic nitrogens is 2. The van der Waals surface area contributed by atoms with Crippen LogP contribution in [-0.4, -0.2) is 23.0 Å². The van der Waals surface area contributed by atoms with Gasteiger partial charge >= 0.3 is 5.97 Å². The Hall–Kier alpha value is -2.88. The number of H-pyrrole nitrogens is 1. The van der Waals surface area contributed by atoms with Crippen LogP contribution in [0.4, 0.5) is 0 Å². The lowest BCUT2D eigenvalue weighted by molar-refractivity contribution is 0.0603. The van der Waals surface area contributed by atoms with E-state index in [0.29, 0.717) is 5.56 Å². The standard InChI is InChI=1S/C17H14N2O2/c1-21-17(20)14-5-2-6-15-16(14)13(11-19-15)8-7-12-4-3-9-18-10-12/h2-11,19H,1H3/b8-7+. The largest absolute Gasteiger partial charge is 0.465 e. The molecule has 3 aromatic rings. The third-order valence-electron chi connectivity index (χ3n) is 3.28. The quantitative estimate of drug-likeness (QED) is 0.746. The summed E-state index contributed by atoms with van der Waals surface area (Å²) in [5.74, 6) is -0.337. The Morgan fingerprint density at radius 2 is 2.14 bits per heavy atom. The van der Waals surface area contributed by atoms with Gasteiger partial charge in [0, 0.05) is 35.1 Å². The highest BCUT2D eigenvalue weighted by Gasteiger charge is 2.13. The van der Waals surface area contributed by atoms with Gasteiger partial charge in [-0.2, -0.15) is 0 Å². The maximum Gasteiger partial charge on any atom is 0.338 e. The number of rotatable bonds is 3. The van der Waals surface area contributed by atoms with Gasteiger partial charge in [-0.25, -0.2) is 4.79 Å². The van der Waals surface area contributed by atoms with Crippen LogP contribution >= 0.6 is 0 Å². The Morgan fingerprint density at radius 1 is 1.24 bits per heavy atom. The smallest absolute Gasteiger partial charge is 0.338 e. The van der Waals surface area contributed by atoms with Crippen LogP contribution in [0.25, 0.3) is 23.1 Å². The fourth-order valence-corrected chi connectivity index (χ4v) is 2.28. The molecule has 0 saturated heterocycles. The van der Waals surface area contributed by atoms with E-state index in [4.69, 9.17) is 4.74 Å². The van der Waals surface area contributed by atoms with Crippen molar-refractivity contribution in [3.05, 3.63) is 65.6 Å². The number of esters is 1. The average molecular weight is 278 g/mol. The van der Waals surface area contributed by atoms with Crippen LogP contribution in [0.2, 0.25) is 0 Å². The molecule has 4 nitrogen and oxygen atoms in total. The molecule has 0 aliphatic rings. The Balaban J connectivity index is 2.07. The van der Waals surface area contributed by atoms with Crippen LogP contribution in [0, 0.1) is 0 Å². The van der Waals surface area contributed by atoms with Gasteiger partial charge in [-0.15, -0.1) is 0 Å². The number of carbonyl (C=O) groups is 1. The van der Waals surface area contributed by atoms with Crippen molar-refractivity contribution in [1.29, 1.82) is 0 Å². The number of ether oxygens (including phenoxy) is 1. The Bertz CT molecular complexity index is 804. The van der Waals surface area contributed by atoms with Crippen LogP contribution < -0.4 is 0 Å². The van der Waals surface area contributed by atoms with E-state index in [2.05, 4.69) is 9.97 Å². The van der Waals surface area contributed by atoms with Gasteiger partial charge < -0.3 is 9.72 Å². The molecule has 3 rings (SSSR count). The summed E-state index contributed by atoms with van der Waals surface area (Å²) >= 11 is 0. The molecule has 0 unspecified atom stereocenters. The molecule has 0 aliphatic heterocycles. The number of pyridine rings is 1. The number of nitrogens with zero attached hydrogens (tertiary/aromatic N) is 1. The highest BCUT2D eigenvalue weighted by atomic mass is 16.5. The van der Waals surface area contributed by atoms with Gasteiger partial charge in [-0.3, -0.25) is 4.98 Å². The first-order valence-corrected chi connectivity index (χ1v) is 6.56. The van der Waals surface area contributed by atoms with Crippen molar-refractivity contribution in [3.63, 3.8) is 0 Å². The third-order valence-corrected chi connectivity index (χ3v) is 3.28. The minimum atomic E-state index is -0.337. The van der Waals surface area contributed by atoms with E-state index in [9.17, 15) is 4.79 Å². The van der Waals surface area contributed by atoms with Crippen LogP contribution in [0.5, 0.6) is 0 Å². The Kier molecular flexibility index (Phi) is 3.51. The number of benzene rings is 1. The van der Waals surface area contributed by atoms with Gasteiger partial charge in [0.25, 0.3) is 0 Å². The monoisotopic (exact) mass is 278 g/mol. The summed E-state index contributed by atoms with van der Waals surface area (Å²) in [6, 6.07) is 9.39. The SMILES string of the molecule is COC(=O)c1cccc2[nH]cc(/C=C/c3cccnc3)c12. The highest BCUT2D eigenvalue weighted by molar-refractivity contribution is 6.07. The molecule has 0 radical (unpaired) electrons. The number of nitrogens with one attached hydrogen (secondary N) is 1. The fourth-order valence-electron chi connectivity index (χ4n) is 2.28. The lowest BCUT2D eigenvalue weighted by atomic mass is 10.1. The lowest BCUT2D eigenvalue weighted by Crippen LogP contribution is -2.01. The van der Waals surface area contributed by atoms with E-state index in [-0.39, 0.29) is 5.97 Å². The van der Waals surface area contributed by atoms with Crippen molar-refractivity contribution in [3.8, 4) is 0 Å². The maximum atomic E-state index is 11.9. The predicted octanol–water partition coefficient (Wildman–Crippen LogP) is 3.52. The van der Waals surface area contributed by atoms with Crippen LogP contribution in [0.15, 0.2) is 48.9 Å². The van der Waals surface area contributed by atoms with Crippen molar-refractivity contribution < 1.29 is 9.53 Å². The van der Waals surface area contributed by atoms with Crippen LogP contribution in [0.1, 0.15) is 21.5 Å². The first kappa shape index (κ1) is 13.1. The number of methoxy groups -OCH3 is 1. The molecule has 0 amide bonds.